The molecular weight excluding hydrogens is 250 g/mol. The lowest BCUT2D eigenvalue weighted by Gasteiger charge is -2.10. The van der Waals surface area contributed by atoms with Crippen molar-refractivity contribution in [2.75, 3.05) is 17.2 Å². The van der Waals surface area contributed by atoms with Gasteiger partial charge in [-0.3, -0.25) is 0 Å². The van der Waals surface area contributed by atoms with Gasteiger partial charge in [0, 0.05) is 11.5 Å². The molecule has 1 saturated heterocycles. The summed E-state index contributed by atoms with van der Waals surface area (Å²) in [5, 5.41) is 4.60. The third-order valence-corrected chi connectivity index (χ3v) is 6.00. The smallest absolute Gasteiger partial charge is 0.152 e. The monoisotopic (exact) mass is 269 g/mol. The Bertz CT molecular complexity index is 591. The molecule has 6 heteroatoms. The first-order valence-corrected chi connectivity index (χ1v) is 8.26. The quantitative estimate of drug-likeness (QED) is 0.876. The lowest BCUT2D eigenvalue weighted by atomic mass is 10.1. The van der Waals surface area contributed by atoms with Gasteiger partial charge in [0.2, 0.25) is 0 Å². The molecule has 18 heavy (non-hydrogen) atoms. The van der Waals surface area contributed by atoms with Crippen LogP contribution in [0.5, 0.6) is 0 Å². The van der Waals surface area contributed by atoms with Crippen LogP contribution in [0.3, 0.4) is 0 Å². The Morgan fingerprint density at radius 2 is 2.11 bits per heavy atom. The summed E-state index contributed by atoms with van der Waals surface area (Å²) >= 11 is 0. The van der Waals surface area contributed by atoms with Gasteiger partial charge >= 0.3 is 0 Å². The Balaban J connectivity index is 1.94. The molecule has 1 aromatic rings. The Morgan fingerprint density at radius 3 is 2.61 bits per heavy atom. The minimum atomic E-state index is -2.90. The van der Waals surface area contributed by atoms with Gasteiger partial charge < -0.3 is 5.73 Å². The molecule has 2 aliphatic rings. The molecule has 100 valence electrons. The molecule has 1 aromatic heterocycles. The van der Waals surface area contributed by atoms with E-state index in [4.69, 9.17) is 5.73 Å². The number of nitrogen functional groups attached to an aromatic ring is 1. The van der Waals surface area contributed by atoms with Crippen molar-refractivity contribution in [1.82, 2.24) is 9.78 Å². The number of anilines is 1. The van der Waals surface area contributed by atoms with Crippen LogP contribution in [0.25, 0.3) is 0 Å². The highest BCUT2D eigenvalue weighted by molar-refractivity contribution is 7.91. The van der Waals surface area contributed by atoms with Crippen molar-refractivity contribution in [3.05, 3.63) is 11.3 Å². The molecule has 0 radical (unpaired) electrons. The standard InChI is InChI=1S/C12H19N3O2S/c1-7-5-10(7)11-8(2)12(13)15(14-11)9-3-4-18(16,17)6-9/h7,9-10H,3-6,13H2,1-2H3. The molecule has 1 aliphatic carbocycles. The first kappa shape index (κ1) is 12.0. The Morgan fingerprint density at radius 1 is 1.44 bits per heavy atom. The van der Waals surface area contributed by atoms with Gasteiger partial charge in [-0.1, -0.05) is 6.92 Å². The molecule has 3 unspecified atom stereocenters. The number of nitrogens with zero attached hydrogens (tertiary/aromatic N) is 2. The fraction of sp³-hybridized carbons (Fsp3) is 0.750. The van der Waals surface area contributed by atoms with Crippen LogP contribution in [0, 0.1) is 12.8 Å². The molecule has 3 rings (SSSR count). The number of rotatable bonds is 2. The minimum Gasteiger partial charge on any atom is -0.384 e. The van der Waals surface area contributed by atoms with Crippen molar-refractivity contribution in [3.63, 3.8) is 0 Å². The molecule has 2 N–H and O–H groups in total. The average Bonchev–Trinajstić information content (AvgIpc) is 2.78. The van der Waals surface area contributed by atoms with E-state index in [0.717, 1.165) is 11.3 Å². The normalized spacial score (nSPS) is 33.8. The van der Waals surface area contributed by atoms with Crippen LogP contribution in [0.2, 0.25) is 0 Å². The second kappa shape index (κ2) is 3.73. The summed E-state index contributed by atoms with van der Waals surface area (Å²) < 4.78 is 24.8. The predicted molar refractivity (Wildman–Crippen MR) is 70.2 cm³/mol. The molecule has 0 aromatic carbocycles. The van der Waals surface area contributed by atoms with E-state index in [9.17, 15) is 8.42 Å². The molecule has 1 aliphatic heterocycles. The molecule has 1 saturated carbocycles. The highest BCUT2D eigenvalue weighted by Gasteiger charge is 2.39. The van der Waals surface area contributed by atoms with Crippen molar-refractivity contribution in [3.8, 4) is 0 Å². The maximum atomic E-state index is 11.5. The van der Waals surface area contributed by atoms with Crippen molar-refractivity contribution in [2.24, 2.45) is 5.92 Å². The van der Waals surface area contributed by atoms with E-state index in [-0.39, 0.29) is 17.5 Å². The van der Waals surface area contributed by atoms with Gasteiger partial charge in [-0.05, 0) is 25.7 Å². The van der Waals surface area contributed by atoms with Crippen LogP contribution in [0.15, 0.2) is 0 Å². The zero-order valence-corrected chi connectivity index (χ0v) is 11.6. The van der Waals surface area contributed by atoms with Crippen molar-refractivity contribution >= 4 is 15.7 Å². The van der Waals surface area contributed by atoms with Crippen LogP contribution in [-0.4, -0.2) is 29.7 Å². The first-order valence-electron chi connectivity index (χ1n) is 6.44. The number of hydrogen-bond acceptors (Lipinski definition) is 4. The zero-order chi connectivity index (χ0) is 13.1. The van der Waals surface area contributed by atoms with Crippen LogP contribution in [0.4, 0.5) is 5.82 Å². The molecule has 0 spiro atoms. The third kappa shape index (κ3) is 1.83. The lowest BCUT2D eigenvalue weighted by molar-refractivity contribution is 0.501. The van der Waals surface area contributed by atoms with Crippen LogP contribution in [-0.2, 0) is 9.84 Å². The Labute approximate surface area is 107 Å². The van der Waals surface area contributed by atoms with Gasteiger partial charge in [-0.15, -0.1) is 0 Å². The zero-order valence-electron chi connectivity index (χ0n) is 10.8. The van der Waals surface area contributed by atoms with Gasteiger partial charge in [-0.25, -0.2) is 13.1 Å². The van der Waals surface area contributed by atoms with Gasteiger partial charge in [0.05, 0.1) is 23.2 Å². The van der Waals surface area contributed by atoms with Gasteiger partial charge in [0.15, 0.2) is 9.84 Å². The van der Waals surface area contributed by atoms with E-state index >= 15 is 0 Å². The summed E-state index contributed by atoms with van der Waals surface area (Å²) in [5.74, 6) is 2.28. The second-order valence-corrected chi connectivity index (χ2v) is 7.95. The number of sulfone groups is 1. The molecular formula is C12H19N3O2S. The fourth-order valence-electron chi connectivity index (χ4n) is 2.85. The summed E-state index contributed by atoms with van der Waals surface area (Å²) in [6.45, 7) is 4.20. The van der Waals surface area contributed by atoms with Gasteiger partial charge in [-0.2, -0.15) is 5.10 Å². The van der Waals surface area contributed by atoms with E-state index < -0.39 is 9.84 Å². The van der Waals surface area contributed by atoms with Crippen molar-refractivity contribution < 1.29 is 8.42 Å². The molecule has 2 fully saturated rings. The van der Waals surface area contributed by atoms with Crippen molar-refractivity contribution in [2.45, 2.75) is 38.6 Å². The maximum Gasteiger partial charge on any atom is 0.152 e. The van der Waals surface area contributed by atoms with E-state index in [1.54, 1.807) is 4.68 Å². The maximum absolute atomic E-state index is 11.5. The van der Waals surface area contributed by atoms with E-state index in [0.29, 0.717) is 24.1 Å². The van der Waals surface area contributed by atoms with Gasteiger partial charge in [0.1, 0.15) is 5.82 Å². The summed E-state index contributed by atoms with van der Waals surface area (Å²) in [4.78, 5) is 0. The Hall–Kier alpha value is -1.04. The SMILES string of the molecule is Cc1c(C2CC2C)nn(C2CCS(=O)(=O)C2)c1N. The third-order valence-electron chi connectivity index (χ3n) is 4.25. The molecule has 3 atom stereocenters. The summed E-state index contributed by atoms with van der Waals surface area (Å²) in [6.07, 6.45) is 1.80. The molecule has 5 nitrogen and oxygen atoms in total. The average molecular weight is 269 g/mol. The second-order valence-electron chi connectivity index (χ2n) is 5.72. The molecule has 2 heterocycles. The highest BCUT2D eigenvalue weighted by Crippen LogP contribution is 2.48. The predicted octanol–water partition coefficient (Wildman–Crippen LogP) is 1.26. The molecule has 0 amide bonds. The summed E-state index contributed by atoms with van der Waals surface area (Å²) in [7, 11) is -2.90. The minimum absolute atomic E-state index is 0.0727. The summed E-state index contributed by atoms with van der Waals surface area (Å²) in [5.41, 5.74) is 8.20. The van der Waals surface area contributed by atoms with Crippen LogP contribution in [0.1, 0.15) is 43.0 Å². The van der Waals surface area contributed by atoms with E-state index in [1.165, 1.54) is 6.42 Å². The van der Waals surface area contributed by atoms with Gasteiger partial charge in [0.25, 0.3) is 0 Å². The number of nitrogens with two attached hydrogens (primary N) is 1. The van der Waals surface area contributed by atoms with Crippen molar-refractivity contribution in [1.29, 1.82) is 0 Å². The Kier molecular flexibility index (Phi) is 2.49. The van der Waals surface area contributed by atoms with E-state index in [1.807, 2.05) is 6.92 Å². The molecule has 0 bridgehead atoms. The lowest BCUT2D eigenvalue weighted by Crippen LogP contribution is -2.15. The largest absolute Gasteiger partial charge is 0.384 e. The fourth-order valence-corrected chi connectivity index (χ4v) is 4.54. The first-order chi connectivity index (χ1) is 8.39. The van der Waals surface area contributed by atoms with Crippen LogP contribution >= 0.6 is 0 Å². The highest BCUT2D eigenvalue weighted by atomic mass is 32.2. The topological polar surface area (TPSA) is 78.0 Å². The number of hydrogen-bond donors (Lipinski definition) is 1. The number of aromatic nitrogens is 2. The summed E-state index contributed by atoms with van der Waals surface area (Å²) in [6, 6.07) is -0.0727. The van der Waals surface area contributed by atoms with Crippen LogP contribution < -0.4 is 5.73 Å². The van der Waals surface area contributed by atoms with E-state index in [2.05, 4.69) is 12.0 Å².